The number of nitrogens with two attached hydrogens (primary N) is 2. The van der Waals surface area contributed by atoms with Crippen LogP contribution in [0.5, 0.6) is 11.8 Å². The van der Waals surface area contributed by atoms with E-state index in [0.717, 1.165) is 37.1 Å². The van der Waals surface area contributed by atoms with Crippen molar-refractivity contribution >= 4 is 60.6 Å². The van der Waals surface area contributed by atoms with Gasteiger partial charge in [-0.05, 0) is 50.4 Å². The molecule has 0 aliphatic carbocycles. The topological polar surface area (TPSA) is 139 Å². The highest BCUT2D eigenvalue weighted by Gasteiger charge is 2.47. The third-order valence-electron chi connectivity index (χ3n) is 10.4. The van der Waals surface area contributed by atoms with E-state index in [0.29, 0.717) is 29.9 Å². The second-order valence-electron chi connectivity index (χ2n) is 13.5. The monoisotopic (exact) mass is 768 g/mol. The number of hydrogen-bond donors (Lipinski definition) is 2. The van der Waals surface area contributed by atoms with Gasteiger partial charge in [0.05, 0.1) is 38.8 Å². The normalized spacial score (nSPS) is 19.4. The van der Waals surface area contributed by atoms with Crippen LogP contribution in [0.4, 0.5) is 38.6 Å². The van der Waals surface area contributed by atoms with E-state index < -0.39 is 51.8 Å². The van der Waals surface area contributed by atoms with Crippen LogP contribution in [0.3, 0.4) is 0 Å². The van der Waals surface area contributed by atoms with E-state index in [1.54, 1.807) is 17.9 Å². The first-order valence-electron chi connectivity index (χ1n) is 16.6. The van der Waals surface area contributed by atoms with Gasteiger partial charge in [-0.1, -0.05) is 29.8 Å². The SMILES string of the molecule is C=C1CN2CCC[C@@]2(COc2nc3c4c(c(C(F)(F)F)c(-c5ccc(F)c6sc(N)c(C#N)c56)c(F)c4n2)OCCN3[C@H](C)c2cc(Cl)cnc2N)C1. The number of pyridine rings is 1. The highest BCUT2D eigenvalue weighted by atomic mass is 35.5. The summed E-state index contributed by atoms with van der Waals surface area (Å²) in [6.07, 6.45) is -1.44. The van der Waals surface area contributed by atoms with Crippen LogP contribution in [-0.4, -0.2) is 58.2 Å². The van der Waals surface area contributed by atoms with Crippen LogP contribution in [0.1, 0.15) is 48.9 Å². The van der Waals surface area contributed by atoms with E-state index >= 15 is 22.0 Å². The molecule has 3 aromatic heterocycles. The zero-order chi connectivity index (χ0) is 37.6. The molecule has 0 saturated carbocycles. The smallest absolute Gasteiger partial charge is 0.420 e. The lowest BCUT2D eigenvalue weighted by atomic mass is 9.91. The van der Waals surface area contributed by atoms with Gasteiger partial charge in [-0.25, -0.2) is 13.8 Å². The van der Waals surface area contributed by atoms with E-state index in [1.165, 1.54) is 6.20 Å². The van der Waals surface area contributed by atoms with Gasteiger partial charge in [-0.3, -0.25) is 4.90 Å². The van der Waals surface area contributed by atoms with Crippen molar-refractivity contribution < 1.29 is 31.4 Å². The van der Waals surface area contributed by atoms with E-state index in [-0.39, 0.29) is 74.0 Å². The molecule has 2 aromatic carbocycles. The number of hydrogen-bond acceptors (Lipinski definition) is 11. The summed E-state index contributed by atoms with van der Waals surface area (Å²) in [4.78, 5) is 17.1. The first-order chi connectivity index (χ1) is 25.2. The lowest BCUT2D eigenvalue weighted by Gasteiger charge is -2.32. The Kier molecular flexibility index (Phi) is 8.32. The summed E-state index contributed by atoms with van der Waals surface area (Å²) < 4.78 is 90.9. The molecule has 5 aromatic rings. The fourth-order valence-electron chi connectivity index (χ4n) is 8.06. The van der Waals surface area contributed by atoms with Gasteiger partial charge in [-0.2, -0.15) is 28.4 Å². The number of anilines is 3. The van der Waals surface area contributed by atoms with Gasteiger partial charge in [0.15, 0.2) is 5.82 Å². The number of nitriles is 1. The van der Waals surface area contributed by atoms with Crippen molar-refractivity contribution in [3.05, 3.63) is 69.9 Å². The molecule has 274 valence electrons. The molecule has 8 rings (SSSR count). The molecule has 0 bridgehead atoms. The summed E-state index contributed by atoms with van der Waals surface area (Å²) in [5.41, 5.74) is 9.68. The highest BCUT2D eigenvalue weighted by molar-refractivity contribution is 7.23. The summed E-state index contributed by atoms with van der Waals surface area (Å²) in [6.45, 7) is 7.23. The fraction of sp³-hybridized carbons (Fsp3) is 0.333. The lowest BCUT2D eigenvalue weighted by molar-refractivity contribution is -0.138. The predicted molar refractivity (Wildman–Crippen MR) is 192 cm³/mol. The number of nitrogens with zero attached hydrogens (tertiary/aromatic N) is 6. The number of rotatable bonds is 6. The number of halogens is 6. The van der Waals surface area contributed by atoms with E-state index in [1.807, 2.05) is 6.07 Å². The summed E-state index contributed by atoms with van der Waals surface area (Å²) in [5.74, 6) is -2.94. The summed E-state index contributed by atoms with van der Waals surface area (Å²) >= 11 is 6.95. The molecule has 3 aliphatic rings. The number of alkyl halides is 3. The van der Waals surface area contributed by atoms with Crippen molar-refractivity contribution in [1.29, 1.82) is 5.26 Å². The van der Waals surface area contributed by atoms with Crippen LogP contribution in [-0.2, 0) is 6.18 Å². The van der Waals surface area contributed by atoms with Gasteiger partial charge in [0.25, 0.3) is 0 Å². The Labute approximate surface area is 308 Å². The summed E-state index contributed by atoms with van der Waals surface area (Å²) in [7, 11) is 0. The molecular formula is C36H30ClF5N8O2S. The third kappa shape index (κ3) is 5.55. The maximum Gasteiger partial charge on any atom is 0.420 e. The van der Waals surface area contributed by atoms with Crippen molar-refractivity contribution in [2.24, 2.45) is 0 Å². The minimum atomic E-state index is -5.22. The van der Waals surface area contributed by atoms with Crippen molar-refractivity contribution in [2.45, 2.75) is 43.9 Å². The van der Waals surface area contributed by atoms with Crippen molar-refractivity contribution in [3.63, 3.8) is 0 Å². The van der Waals surface area contributed by atoms with Crippen molar-refractivity contribution in [3.8, 4) is 29.0 Å². The quantitative estimate of drug-likeness (QED) is 0.129. The molecule has 2 atom stereocenters. The molecule has 2 fully saturated rings. The van der Waals surface area contributed by atoms with Gasteiger partial charge < -0.3 is 25.8 Å². The minimum absolute atomic E-state index is 0.0282. The van der Waals surface area contributed by atoms with Crippen LogP contribution < -0.4 is 25.8 Å². The van der Waals surface area contributed by atoms with Crippen LogP contribution in [0.25, 0.3) is 32.1 Å². The maximum atomic E-state index is 17.4. The van der Waals surface area contributed by atoms with E-state index in [9.17, 15) is 5.26 Å². The first kappa shape index (κ1) is 35.1. The average molecular weight is 769 g/mol. The van der Waals surface area contributed by atoms with Crippen LogP contribution in [0.2, 0.25) is 5.02 Å². The molecule has 6 heterocycles. The van der Waals surface area contributed by atoms with Gasteiger partial charge in [0.1, 0.15) is 58.6 Å². The number of nitrogen functional groups attached to an aromatic ring is 2. The highest BCUT2D eigenvalue weighted by Crippen LogP contribution is 2.54. The van der Waals surface area contributed by atoms with Crippen LogP contribution in [0.15, 0.2) is 36.5 Å². The first-order valence-corrected chi connectivity index (χ1v) is 17.8. The Balaban J connectivity index is 1.42. The largest absolute Gasteiger partial charge is 0.490 e. The molecule has 3 aliphatic heterocycles. The second kappa shape index (κ2) is 12.6. The molecule has 0 unspecified atom stereocenters. The number of aromatic nitrogens is 3. The zero-order valence-electron chi connectivity index (χ0n) is 28.1. The predicted octanol–water partition coefficient (Wildman–Crippen LogP) is 8.03. The number of benzene rings is 2. The molecule has 10 nitrogen and oxygen atoms in total. The number of fused-ring (bicyclic) bond motifs is 2. The third-order valence-corrected chi connectivity index (χ3v) is 11.6. The molecule has 0 spiro atoms. The average Bonchev–Trinajstić information content (AvgIpc) is 3.71. The van der Waals surface area contributed by atoms with Crippen molar-refractivity contribution in [1.82, 2.24) is 19.9 Å². The van der Waals surface area contributed by atoms with Crippen molar-refractivity contribution in [2.75, 3.05) is 49.2 Å². The zero-order valence-corrected chi connectivity index (χ0v) is 29.7. The molecule has 0 radical (unpaired) electrons. The summed E-state index contributed by atoms with van der Waals surface area (Å²) in [5, 5.41) is 9.46. The number of ether oxygens (including phenoxy) is 2. The van der Waals surface area contributed by atoms with E-state index in [2.05, 4.69) is 26.4 Å². The maximum absolute atomic E-state index is 17.4. The van der Waals surface area contributed by atoms with Gasteiger partial charge in [-0.15, -0.1) is 11.3 Å². The van der Waals surface area contributed by atoms with Gasteiger partial charge in [0.2, 0.25) is 0 Å². The molecule has 2 saturated heterocycles. The molecule has 53 heavy (non-hydrogen) atoms. The standard InChI is InChI=1S/C36H30ClF5N8O2S/c1-16-11-35(6-3-7-49(35)14-16)15-52-34-47-28-25-29(51-9-8-50(33(25)48-34)17(2)20-10-18(37)13-46-31(20)44)26(36(40,41)42)24(27(28)39)19-4-5-22(38)30-23(19)21(12-43)32(45)53-30/h4-5,10,13,17H,1,3,6-9,11,14-15,45H2,2H3,(H2,44,46)/t17-,35+/m1/s1. The molecule has 17 heteroatoms. The van der Waals surface area contributed by atoms with Gasteiger partial charge >= 0.3 is 12.2 Å². The van der Waals surface area contributed by atoms with Crippen LogP contribution >= 0.6 is 22.9 Å². The summed E-state index contributed by atoms with van der Waals surface area (Å²) in [6, 6.07) is 4.35. The van der Waals surface area contributed by atoms with E-state index in [4.69, 9.17) is 32.5 Å². The second-order valence-corrected chi connectivity index (χ2v) is 15.0. The minimum Gasteiger partial charge on any atom is -0.490 e. The molecular weight excluding hydrogens is 739 g/mol. The Bertz CT molecular complexity index is 2420. The Morgan fingerprint density at radius 3 is 2.75 bits per heavy atom. The Morgan fingerprint density at radius 2 is 2.00 bits per heavy atom. The fourth-order valence-corrected chi connectivity index (χ4v) is 9.17. The Morgan fingerprint density at radius 1 is 1.21 bits per heavy atom. The van der Waals surface area contributed by atoms with Crippen LogP contribution in [0, 0.1) is 23.0 Å². The van der Waals surface area contributed by atoms with Gasteiger partial charge in [0, 0.05) is 29.3 Å². The Hall–Kier alpha value is -4.98. The number of thiophene rings is 1. The molecule has 0 amide bonds. The molecule has 4 N–H and O–H groups in total. The lowest BCUT2D eigenvalue weighted by Crippen LogP contribution is -2.43.